The van der Waals surface area contributed by atoms with Gasteiger partial charge in [0.25, 0.3) is 0 Å². The Morgan fingerprint density at radius 1 is 1.08 bits per heavy atom. The van der Waals surface area contributed by atoms with Crippen molar-refractivity contribution in [2.75, 3.05) is 33.4 Å². The Balaban J connectivity index is 1.08. The Bertz CT molecular complexity index is 1120. The third-order valence-electron chi connectivity index (χ3n) is 7.74. The number of rotatable bonds is 6. The van der Waals surface area contributed by atoms with E-state index in [4.69, 9.17) is 9.47 Å². The highest BCUT2D eigenvalue weighted by molar-refractivity contribution is 5.92. The van der Waals surface area contributed by atoms with Gasteiger partial charge in [-0.15, -0.1) is 0 Å². The number of nitrogens with one attached hydrogen (secondary N) is 1. The van der Waals surface area contributed by atoms with E-state index in [-0.39, 0.29) is 6.61 Å². The van der Waals surface area contributed by atoms with Crippen LogP contribution in [0.2, 0.25) is 0 Å². The molecule has 2 heterocycles. The van der Waals surface area contributed by atoms with Gasteiger partial charge >= 0.3 is 12.1 Å². The van der Waals surface area contributed by atoms with Crippen LogP contribution in [0.1, 0.15) is 48.8 Å². The lowest BCUT2D eigenvalue weighted by Crippen LogP contribution is -2.56. The Morgan fingerprint density at radius 3 is 2.56 bits per heavy atom. The molecule has 192 valence electrons. The molecule has 3 amide bonds. The quantitative estimate of drug-likeness (QED) is 0.616. The fraction of sp³-hybridized carbons (Fsp3) is 0.481. The second kappa shape index (κ2) is 10.4. The van der Waals surface area contributed by atoms with E-state index >= 15 is 0 Å². The van der Waals surface area contributed by atoms with E-state index in [1.807, 2.05) is 12.1 Å². The highest BCUT2D eigenvalue weighted by Crippen LogP contribution is 2.40. The number of ether oxygens (including phenoxy) is 2. The van der Waals surface area contributed by atoms with Crippen molar-refractivity contribution in [2.24, 2.45) is 5.92 Å². The summed E-state index contributed by atoms with van der Waals surface area (Å²) in [6.07, 6.45) is 3.75. The average Bonchev–Trinajstić information content (AvgIpc) is 3.26. The summed E-state index contributed by atoms with van der Waals surface area (Å²) in [5.41, 5.74) is 1.61. The van der Waals surface area contributed by atoms with Gasteiger partial charge in [-0.1, -0.05) is 24.3 Å². The number of imide groups is 1. The number of likely N-dealkylation sites (tertiary alicyclic amines) is 1. The Hall–Kier alpha value is -3.20. The van der Waals surface area contributed by atoms with Gasteiger partial charge in [-0.3, -0.25) is 4.90 Å². The summed E-state index contributed by atoms with van der Waals surface area (Å²) in [6, 6.07) is 10.8. The van der Waals surface area contributed by atoms with Crippen molar-refractivity contribution in [3.8, 4) is 5.75 Å². The molecule has 1 aliphatic carbocycles. The maximum absolute atomic E-state index is 13.7. The molecule has 2 aromatic rings. The molecule has 0 bridgehead atoms. The van der Waals surface area contributed by atoms with Crippen molar-refractivity contribution in [3.63, 3.8) is 0 Å². The SMILES string of the molecule is COc1ccccc1C1CCC(N2CC(CNC(=O)N3C(=O)OCC3c3ccc(F)c(F)c3)C2)CC1. The molecular weight excluding hydrogens is 468 g/mol. The lowest BCUT2D eigenvalue weighted by atomic mass is 9.79. The number of benzene rings is 2. The molecule has 1 unspecified atom stereocenters. The predicted octanol–water partition coefficient (Wildman–Crippen LogP) is 4.83. The molecule has 7 nitrogen and oxygen atoms in total. The van der Waals surface area contributed by atoms with E-state index in [0.29, 0.717) is 30.0 Å². The number of amides is 3. The molecule has 3 aliphatic rings. The van der Waals surface area contributed by atoms with Crippen LogP contribution in [0.3, 0.4) is 0 Å². The molecule has 5 rings (SSSR count). The summed E-state index contributed by atoms with van der Waals surface area (Å²) in [6.45, 7) is 2.16. The minimum Gasteiger partial charge on any atom is -0.496 e. The standard InChI is InChI=1S/C27H31F2N3O4/c1-35-25-5-3-2-4-21(25)18-6-9-20(10-7-18)31-14-17(15-31)13-30-26(33)32-24(16-36-27(32)34)19-8-11-22(28)23(29)12-19/h2-5,8,11-12,17-18,20,24H,6-7,9-10,13-16H2,1H3,(H,30,33). The van der Waals surface area contributed by atoms with Crippen molar-refractivity contribution in [3.05, 3.63) is 65.2 Å². The number of hydrogen-bond acceptors (Lipinski definition) is 5. The molecule has 1 atom stereocenters. The molecule has 1 N–H and O–H groups in total. The molecule has 2 aliphatic heterocycles. The van der Waals surface area contributed by atoms with E-state index in [0.717, 1.165) is 61.6 Å². The zero-order chi connectivity index (χ0) is 25.2. The van der Waals surface area contributed by atoms with Crippen LogP contribution in [0.25, 0.3) is 0 Å². The number of nitrogens with zero attached hydrogens (tertiary/aromatic N) is 2. The Labute approximate surface area is 209 Å². The van der Waals surface area contributed by atoms with Crippen LogP contribution in [-0.2, 0) is 4.74 Å². The van der Waals surface area contributed by atoms with Gasteiger partial charge in [-0.05, 0) is 60.9 Å². The fourth-order valence-electron chi connectivity index (χ4n) is 5.72. The van der Waals surface area contributed by atoms with Gasteiger partial charge in [0.05, 0.1) is 7.11 Å². The van der Waals surface area contributed by atoms with E-state index in [1.54, 1.807) is 7.11 Å². The van der Waals surface area contributed by atoms with Crippen LogP contribution in [0, 0.1) is 17.6 Å². The van der Waals surface area contributed by atoms with Crippen molar-refractivity contribution >= 4 is 12.1 Å². The van der Waals surface area contributed by atoms with Gasteiger partial charge in [0, 0.05) is 31.6 Å². The average molecular weight is 500 g/mol. The molecular formula is C27H31F2N3O4. The third-order valence-corrected chi connectivity index (χ3v) is 7.74. The molecule has 0 aromatic heterocycles. The minimum absolute atomic E-state index is 0.0912. The molecule has 36 heavy (non-hydrogen) atoms. The summed E-state index contributed by atoms with van der Waals surface area (Å²) in [4.78, 5) is 28.4. The number of para-hydroxylation sites is 1. The summed E-state index contributed by atoms with van der Waals surface area (Å²) in [5.74, 6) is -0.214. The highest BCUT2D eigenvalue weighted by Gasteiger charge is 2.40. The van der Waals surface area contributed by atoms with Gasteiger partial charge in [0.2, 0.25) is 0 Å². The normalized spacial score (nSPS) is 24.8. The number of cyclic esters (lactones) is 1. The van der Waals surface area contributed by atoms with Gasteiger partial charge in [0.1, 0.15) is 18.4 Å². The van der Waals surface area contributed by atoms with Crippen LogP contribution in [0.4, 0.5) is 18.4 Å². The van der Waals surface area contributed by atoms with Crippen LogP contribution >= 0.6 is 0 Å². The number of carbonyl (C=O) groups excluding carboxylic acids is 2. The van der Waals surface area contributed by atoms with Gasteiger partial charge in [0.15, 0.2) is 11.6 Å². The zero-order valence-corrected chi connectivity index (χ0v) is 20.3. The molecule has 2 saturated heterocycles. The number of urea groups is 1. The van der Waals surface area contributed by atoms with Crippen molar-refractivity contribution in [1.29, 1.82) is 0 Å². The van der Waals surface area contributed by atoms with E-state index in [9.17, 15) is 18.4 Å². The first-order chi connectivity index (χ1) is 17.4. The van der Waals surface area contributed by atoms with Gasteiger partial charge in [-0.25, -0.2) is 23.3 Å². The van der Waals surface area contributed by atoms with Crippen LogP contribution in [0.15, 0.2) is 42.5 Å². The van der Waals surface area contributed by atoms with E-state index in [2.05, 4.69) is 22.3 Å². The van der Waals surface area contributed by atoms with Crippen molar-refractivity contribution in [2.45, 2.75) is 43.7 Å². The van der Waals surface area contributed by atoms with Crippen LogP contribution < -0.4 is 10.1 Å². The van der Waals surface area contributed by atoms with E-state index in [1.165, 1.54) is 11.6 Å². The second-order valence-corrected chi connectivity index (χ2v) is 9.89. The molecule has 2 aromatic carbocycles. The highest BCUT2D eigenvalue weighted by atomic mass is 19.2. The Kier molecular flexibility index (Phi) is 7.09. The lowest BCUT2D eigenvalue weighted by Gasteiger charge is -2.47. The predicted molar refractivity (Wildman–Crippen MR) is 129 cm³/mol. The molecule has 0 radical (unpaired) electrons. The number of halogens is 2. The number of methoxy groups -OCH3 is 1. The molecule has 0 spiro atoms. The molecule has 9 heteroatoms. The Morgan fingerprint density at radius 2 is 1.83 bits per heavy atom. The largest absolute Gasteiger partial charge is 0.496 e. The third kappa shape index (κ3) is 4.89. The summed E-state index contributed by atoms with van der Waals surface area (Å²) < 4.78 is 37.5. The summed E-state index contributed by atoms with van der Waals surface area (Å²) >= 11 is 0. The first-order valence-corrected chi connectivity index (χ1v) is 12.5. The van der Waals surface area contributed by atoms with Crippen molar-refractivity contribution in [1.82, 2.24) is 15.1 Å². The minimum atomic E-state index is -1.03. The smallest absolute Gasteiger partial charge is 0.418 e. The maximum atomic E-state index is 13.7. The number of carbonyl (C=O) groups is 2. The van der Waals surface area contributed by atoms with Gasteiger partial charge < -0.3 is 14.8 Å². The summed E-state index contributed by atoms with van der Waals surface area (Å²) in [7, 11) is 1.72. The first-order valence-electron chi connectivity index (χ1n) is 12.5. The topological polar surface area (TPSA) is 71.1 Å². The second-order valence-electron chi connectivity index (χ2n) is 9.89. The molecule has 3 fully saturated rings. The fourth-order valence-corrected chi connectivity index (χ4v) is 5.72. The van der Waals surface area contributed by atoms with Crippen LogP contribution in [0.5, 0.6) is 5.75 Å². The first kappa shape index (κ1) is 24.5. The lowest BCUT2D eigenvalue weighted by molar-refractivity contribution is 0.0334. The molecule has 1 saturated carbocycles. The van der Waals surface area contributed by atoms with E-state index < -0.39 is 29.8 Å². The van der Waals surface area contributed by atoms with Crippen LogP contribution in [-0.4, -0.2) is 61.3 Å². The zero-order valence-electron chi connectivity index (χ0n) is 20.3. The maximum Gasteiger partial charge on any atom is 0.418 e. The van der Waals surface area contributed by atoms with Gasteiger partial charge in [-0.2, -0.15) is 0 Å². The monoisotopic (exact) mass is 499 g/mol. The summed E-state index contributed by atoms with van der Waals surface area (Å²) in [5, 5.41) is 2.83. The van der Waals surface area contributed by atoms with Crippen molar-refractivity contribution < 1.29 is 27.8 Å². The number of hydrogen-bond donors (Lipinski definition) is 1.